The quantitative estimate of drug-likeness (QED) is 0.417. The molecule has 2 saturated heterocycles. The Kier molecular flexibility index (Phi) is 1.44. The third-order valence-corrected chi connectivity index (χ3v) is 2.63. The van der Waals surface area contributed by atoms with E-state index in [2.05, 4.69) is 5.32 Å². The summed E-state index contributed by atoms with van der Waals surface area (Å²) >= 11 is 0. The standard InChI is InChI=1S/C7H13NO2/c9-6-4-2-1-3-5(8-4)7(6)10/h4-10H,1-3H2/t4-,5-,6-,7-/m1/s1. The van der Waals surface area contributed by atoms with Gasteiger partial charge < -0.3 is 15.5 Å². The van der Waals surface area contributed by atoms with Gasteiger partial charge in [0, 0.05) is 12.1 Å². The van der Waals surface area contributed by atoms with Crippen LogP contribution in [-0.4, -0.2) is 34.5 Å². The number of fused-ring (bicyclic) bond motifs is 2. The lowest BCUT2D eigenvalue weighted by Gasteiger charge is -2.20. The van der Waals surface area contributed by atoms with E-state index in [0.717, 1.165) is 19.3 Å². The first-order valence-corrected chi connectivity index (χ1v) is 3.91. The van der Waals surface area contributed by atoms with E-state index >= 15 is 0 Å². The van der Waals surface area contributed by atoms with Crippen LogP contribution in [-0.2, 0) is 0 Å². The minimum Gasteiger partial charge on any atom is -0.389 e. The molecule has 0 amide bonds. The van der Waals surface area contributed by atoms with Crippen molar-refractivity contribution in [1.29, 1.82) is 0 Å². The molecule has 0 unspecified atom stereocenters. The van der Waals surface area contributed by atoms with Gasteiger partial charge in [0.15, 0.2) is 0 Å². The number of hydrogen-bond acceptors (Lipinski definition) is 3. The molecule has 10 heavy (non-hydrogen) atoms. The molecule has 58 valence electrons. The van der Waals surface area contributed by atoms with Gasteiger partial charge in [0.2, 0.25) is 0 Å². The highest BCUT2D eigenvalue weighted by Gasteiger charge is 2.42. The number of nitrogens with one attached hydrogen (secondary N) is 1. The van der Waals surface area contributed by atoms with E-state index in [9.17, 15) is 10.2 Å². The number of aliphatic hydroxyl groups excluding tert-OH is 2. The lowest BCUT2D eigenvalue weighted by molar-refractivity contribution is 0.0327. The molecule has 2 fully saturated rings. The van der Waals surface area contributed by atoms with Crippen molar-refractivity contribution in [3.8, 4) is 0 Å². The summed E-state index contributed by atoms with van der Waals surface area (Å²) in [5.74, 6) is 0. The Hall–Kier alpha value is -0.120. The lowest BCUT2D eigenvalue weighted by atomic mass is 10.1. The van der Waals surface area contributed by atoms with Gasteiger partial charge in [0.05, 0.1) is 12.2 Å². The summed E-state index contributed by atoms with van der Waals surface area (Å²) in [7, 11) is 0. The molecule has 3 N–H and O–H groups in total. The summed E-state index contributed by atoms with van der Waals surface area (Å²) in [6, 6.07) is 0.322. The second-order valence-electron chi connectivity index (χ2n) is 3.29. The Morgan fingerprint density at radius 1 is 1.00 bits per heavy atom. The maximum Gasteiger partial charge on any atom is 0.0967 e. The first kappa shape index (κ1) is 6.58. The van der Waals surface area contributed by atoms with Crippen LogP contribution < -0.4 is 5.32 Å². The summed E-state index contributed by atoms with van der Waals surface area (Å²) in [5.41, 5.74) is 0. The van der Waals surface area contributed by atoms with E-state index in [1.165, 1.54) is 0 Å². The van der Waals surface area contributed by atoms with Gasteiger partial charge in [-0.2, -0.15) is 0 Å². The molecule has 4 atom stereocenters. The van der Waals surface area contributed by atoms with Crippen molar-refractivity contribution < 1.29 is 10.2 Å². The first-order chi connectivity index (χ1) is 4.79. The van der Waals surface area contributed by atoms with Crippen LogP contribution in [0.2, 0.25) is 0 Å². The van der Waals surface area contributed by atoms with Gasteiger partial charge in [-0.25, -0.2) is 0 Å². The first-order valence-electron chi connectivity index (χ1n) is 3.91. The van der Waals surface area contributed by atoms with E-state index in [1.807, 2.05) is 0 Å². The zero-order valence-electron chi connectivity index (χ0n) is 5.83. The topological polar surface area (TPSA) is 52.5 Å². The zero-order valence-corrected chi connectivity index (χ0v) is 5.83. The number of rotatable bonds is 0. The zero-order chi connectivity index (χ0) is 7.14. The largest absolute Gasteiger partial charge is 0.389 e. The smallest absolute Gasteiger partial charge is 0.0967 e. The molecule has 2 aliphatic heterocycles. The van der Waals surface area contributed by atoms with Crippen molar-refractivity contribution in [2.45, 2.75) is 43.6 Å². The van der Waals surface area contributed by atoms with E-state index in [0.29, 0.717) is 0 Å². The predicted octanol–water partition coefficient (Wildman–Crippen LogP) is -0.768. The Bertz CT molecular complexity index is 122. The molecule has 0 spiro atoms. The van der Waals surface area contributed by atoms with Crippen LogP contribution in [0, 0.1) is 0 Å². The van der Waals surface area contributed by atoms with E-state index < -0.39 is 12.2 Å². The fraction of sp³-hybridized carbons (Fsp3) is 1.00. The van der Waals surface area contributed by atoms with Crippen molar-refractivity contribution in [1.82, 2.24) is 5.32 Å². The number of piperidine rings is 1. The summed E-state index contributed by atoms with van der Waals surface area (Å²) in [4.78, 5) is 0. The van der Waals surface area contributed by atoms with Crippen LogP contribution in [0.15, 0.2) is 0 Å². The van der Waals surface area contributed by atoms with Crippen molar-refractivity contribution in [2.75, 3.05) is 0 Å². The van der Waals surface area contributed by atoms with Crippen molar-refractivity contribution >= 4 is 0 Å². The van der Waals surface area contributed by atoms with E-state index in [4.69, 9.17) is 0 Å². The maximum absolute atomic E-state index is 9.36. The average Bonchev–Trinajstić information content (AvgIpc) is 2.17. The van der Waals surface area contributed by atoms with Crippen molar-refractivity contribution in [3.63, 3.8) is 0 Å². The normalized spacial score (nSPS) is 53.4. The Labute approximate surface area is 60.1 Å². The Morgan fingerprint density at radius 2 is 1.50 bits per heavy atom. The van der Waals surface area contributed by atoms with Gasteiger partial charge in [-0.15, -0.1) is 0 Å². The molecule has 0 radical (unpaired) electrons. The fourth-order valence-electron chi connectivity index (χ4n) is 2.01. The molecule has 3 heteroatoms. The van der Waals surface area contributed by atoms with Crippen LogP contribution >= 0.6 is 0 Å². The van der Waals surface area contributed by atoms with Gasteiger partial charge in [-0.3, -0.25) is 0 Å². The van der Waals surface area contributed by atoms with Gasteiger partial charge in [0.1, 0.15) is 0 Å². The second kappa shape index (κ2) is 2.19. The van der Waals surface area contributed by atoms with Crippen LogP contribution in [0.5, 0.6) is 0 Å². The third kappa shape index (κ3) is 0.779. The highest BCUT2D eigenvalue weighted by Crippen LogP contribution is 2.26. The van der Waals surface area contributed by atoms with Gasteiger partial charge in [0.25, 0.3) is 0 Å². The minimum absolute atomic E-state index is 0.161. The molecule has 0 aliphatic carbocycles. The highest BCUT2D eigenvalue weighted by molar-refractivity contribution is 5.00. The van der Waals surface area contributed by atoms with Gasteiger partial charge >= 0.3 is 0 Å². The monoisotopic (exact) mass is 143 g/mol. The Balaban J connectivity index is 2.13. The second-order valence-corrected chi connectivity index (χ2v) is 3.29. The van der Waals surface area contributed by atoms with Crippen molar-refractivity contribution in [2.24, 2.45) is 0 Å². The van der Waals surface area contributed by atoms with E-state index in [-0.39, 0.29) is 12.1 Å². The number of aliphatic hydroxyl groups is 2. The van der Waals surface area contributed by atoms with Crippen LogP contribution in [0.3, 0.4) is 0 Å². The lowest BCUT2D eigenvalue weighted by Crippen LogP contribution is -2.37. The summed E-state index contributed by atoms with van der Waals surface area (Å²) < 4.78 is 0. The molecule has 0 aromatic heterocycles. The minimum atomic E-state index is -0.521. The molecule has 0 aromatic carbocycles. The molecule has 3 nitrogen and oxygen atoms in total. The maximum atomic E-state index is 9.36. The molecule has 2 rings (SSSR count). The molecular weight excluding hydrogens is 130 g/mol. The highest BCUT2D eigenvalue weighted by atomic mass is 16.3. The molecule has 0 saturated carbocycles. The molecular formula is C7H13NO2. The SMILES string of the molecule is O[C@H]1[C@H](O)[C@H]2CCC[C@H]1N2. The third-order valence-electron chi connectivity index (χ3n) is 2.63. The molecule has 2 heterocycles. The summed E-state index contributed by atoms with van der Waals surface area (Å²) in [6.45, 7) is 0. The van der Waals surface area contributed by atoms with Crippen molar-refractivity contribution in [3.05, 3.63) is 0 Å². The van der Waals surface area contributed by atoms with Gasteiger partial charge in [-0.05, 0) is 12.8 Å². The molecule has 0 aromatic rings. The van der Waals surface area contributed by atoms with E-state index in [1.54, 1.807) is 0 Å². The predicted molar refractivity (Wildman–Crippen MR) is 36.6 cm³/mol. The molecule has 2 aliphatic rings. The van der Waals surface area contributed by atoms with Crippen LogP contribution in [0.1, 0.15) is 19.3 Å². The summed E-state index contributed by atoms with van der Waals surface area (Å²) in [6.07, 6.45) is 2.11. The summed E-state index contributed by atoms with van der Waals surface area (Å²) in [5, 5.41) is 21.9. The van der Waals surface area contributed by atoms with Crippen LogP contribution in [0.4, 0.5) is 0 Å². The molecule has 2 bridgehead atoms. The Morgan fingerprint density at radius 3 is 1.90 bits per heavy atom. The average molecular weight is 143 g/mol. The van der Waals surface area contributed by atoms with Gasteiger partial charge in [-0.1, -0.05) is 6.42 Å². The van der Waals surface area contributed by atoms with Crippen LogP contribution in [0.25, 0.3) is 0 Å². The number of hydrogen-bond donors (Lipinski definition) is 3. The fourth-order valence-corrected chi connectivity index (χ4v) is 2.01.